The van der Waals surface area contributed by atoms with Gasteiger partial charge in [0.15, 0.2) is 5.78 Å². The van der Waals surface area contributed by atoms with Crippen LogP contribution in [0.3, 0.4) is 0 Å². The molecule has 0 radical (unpaired) electrons. The third-order valence-electron chi connectivity index (χ3n) is 4.93. The van der Waals surface area contributed by atoms with Crippen LogP contribution in [0.25, 0.3) is 11.1 Å². The molecule has 2 heterocycles. The number of hydrogen-bond acceptors (Lipinski definition) is 4. The van der Waals surface area contributed by atoms with Crippen LogP contribution >= 0.6 is 0 Å². The van der Waals surface area contributed by atoms with Gasteiger partial charge in [0, 0.05) is 44.7 Å². The Morgan fingerprint density at radius 3 is 2.68 bits per heavy atom. The molecule has 25 heavy (non-hydrogen) atoms. The van der Waals surface area contributed by atoms with Gasteiger partial charge in [-0.2, -0.15) is 5.10 Å². The Bertz CT molecular complexity index is 812. The first-order valence-electron chi connectivity index (χ1n) is 8.47. The van der Waals surface area contributed by atoms with E-state index in [4.69, 9.17) is 0 Å². The minimum absolute atomic E-state index is 0.00964. The molecule has 1 aliphatic rings. The van der Waals surface area contributed by atoms with Crippen LogP contribution in [-0.4, -0.2) is 64.5 Å². The number of aromatic nitrogens is 2. The molecule has 1 aromatic heterocycles. The fourth-order valence-electron chi connectivity index (χ4n) is 3.48. The summed E-state index contributed by atoms with van der Waals surface area (Å²) in [6, 6.07) is 7.68. The van der Waals surface area contributed by atoms with Gasteiger partial charge in [0.2, 0.25) is 0 Å². The van der Waals surface area contributed by atoms with Gasteiger partial charge in [0.25, 0.3) is 5.91 Å². The van der Waals surface area contributed by atoms with Gasteiger partial charge >= 0.3 is 0 Å². The number of nitrogens with zero attached hydrogens (tertiary/aromatic N) is 4. The monoisotopic (exact) mass is 340 g/mol. The summed E-state index contributed by atoms with van der Waals surface area (Å²) in [5, 5.41) is 4.19. The van der Waals surface area contributed by atoms with Gasteiger partial charge in [-0.15, -0.1) is 0 Å². The van der Waals surface area contributed by atoms with Gasteiger partial charge < -0.3 is 9.80 Å². The van der Waals surface area contributed by atoms with Crippen molar-refractivity contribution in [1.82, 2.24) is 19.6 Å². The highest BCUT2D eigenvalue weighted by molar-refractivity contribution is 6.00. The predicted molar refractivity (Wildman–Crippen MR) is 96.6 cm³/mol. The molecule has 1 saturated heterocycles. The normalized spacial score (nSPS) is 17.7. The van der Waals surface area contributed by atoms with Crippen LogP contribution in [0.15, 0.2) is 30.5 Å². The van der Waals surface area contributed by atoms with Crippen molar-refractivity contribution in [2.45, 2.75) is 19.4 Å². The maximum absolute atomic E-state index is 12.9. The van der Waals surface area contributed by atoms with E-state index in [9.17, 15) is 9.59 Å². The Morgan fingerprint density at radius 2 is 2.04 bits per heavy atom. The summed E-state index contributed by atoms with van der Waals surface area (Å²) in [5.41, 5.74) is 2.78. The van der Waals surface area contributed by atoms with E-state index in [1.165, 1.54) is 6.92 Å². The van der Waals surface area contributed by atoms with E-state index >= 15 is 0 Å². The highest BCUT2D eigenvalue weighted by atomic mass is 16.2. The molecule has 0 unspecified atom stereocenters. The second kappa shape index (κ2) is 6.80. The number of benzene rings is 1. The highest BCUT2D eigenvalue weighted by Gasteiger charge is 2.27. The summed E-state index contributed by atoms with van der Waals surface area (Å²) in [6.45, 7) is 3.44. The molecule has 1 aliphatic heterocycles. The number of likely N-dealkylation sites (N-methyl/N-ethyl adjacent to an activating group) is 2. The summed E-state index contributed by atoms with van der Waals surface area (Å²) in [6.07, 6.45) is 2.67. The molecule has 0 bridgehead atoms. The Labute approximate surface area is 148 Å². The minimum Gasteiger partial charge on any atom is -0.337 e. The first-order chi connectivity index (χ1) is 11.9. The van der Waals surface area contributed by atoms with E-state index in [0.29, 0.717) is 11.3 Å². The van der Waals surface area contributed by atoms with E-state index in [0.717, 1.165) is 30.6 Å². The SMILES string of the molecule is CC(=O)c1c(-c2cccc(C(=O)N(C)[C@@H]3CCN(C)C3)c2)cnn1C. The third-order valence-corrected chi connectivity index (χ3v) is 4.93. The standard InChI is InChI=1S/C19H24N4O2/c1-13(24)18-17(11-20-23(18)4)14-6-5-7-15(10-14)19(25)22(3)16-8-9-21(2)12-16/h5-7,10-11,16H,8-9,12H2,1-4H3/t16-/m1/s1. The molecule has 2 aromatic rings. The summed E-state index contributed by atoms with van der Waals surface area (Å²) < 4.78 is 1.58. The lowest BCUT2D eigenvalue weighted by Crippen LogP contribution is -2.38. The average Bonchev–Trinajstić information content (AvgIpc) is 3.19. The van der Waals surface area contributed by atoms with Crippen molar-refractivity contribution in [1.29, 1.82) is 0 Å². The number of Topliss-reactive ketones (excluding diaryl/α,β-unsaturated/α-hetero) is 1. The number of ketones is 1. The average molecular weight is 340 g/mol. The minimum atomic E-state index is -0.0437. The fourth-order valence-corrected chi connectivity index (χ4v) is 3.48. The number of carbonyl (C=O) groups excluding carboxylic acids is 2. The van der Waals surface area contributed by atoms with Crippen LogP contribution in [0.5, 0.6) is 0 Å². The van der Waals surface area contributed by atoms with Crippen LogP contribution in [0.2, 0.25) is 0 Å². The smallest absolute Gasteiger partial charge is 0.253 e. The zero-order valence-electron chi connectivity index (χ0n) is 15.2. The molecule has 1 atom stereocenters. The van der Waals surface area contributed by atoms with Crippen molar-refractivity contribution >= 4 is 11.7 Å². The first kappa shape index (κ1) is 17.4. The van der Waals surface area contributed by atoms with Gasteiger partial charge in [-0.1, -0.05) is 12.1 Å². The van der Waals surface area contributed by atoms with Crippen molar-refractivity contribution in [3.63, 3.8) is 0 Å². The molecule has 1 aromatic carbocycles. The molecule has 1 amide bonds. The summed E-state index contributed by atoms with van der Waals surface area (Å²) in [5.74, 6) is -0.0340. The van der Waals surface area contributed by atoms with Crippen molar-refractivity contribution in [3.05, 3.63) is 41.7 Å². The lowest BCUT2D eigenvalue weighted by molar-refractivity contribution is 0.0737. The van der Waals surface area contributed by atoms with Crippen LogP contribution in [0.4, 0.5) is 0 Å². The number of likely N-dealkylation sites (tertiary alicyclic amines) is 1. The lowest BCUT2D eigenvalue weighted by atomic mass is 10.0. The van der Waals surface area contributed by atoms with Crippen molar-refractivity contribution in [2.75, 3.05) is 27.2 Å². The van der Waals surface area contributed by atoms with Gasteiger partial charge in [0.05, 0.1) is 6.20 Å². The van der Waals surface area contributed by atoms with Gasteiger partial charge in [-0.25, -0.2) is 0 Å². The number of aryl methyl sites for hydroxylation is 1. The van der Waals surface area contributed by atoms with Crippen LogP contribution in [-0.2, 0) is 7.05 Å². The third kappa shape index (κ3) is 3.35. The van der Waals surface area contributed by atoms with E-state index in [1.54, 1.807) is 17.9 Å². The number of amides is 1. The van der Waals surface area contributed by atoms with Gasteiger partial charge in [-0.3, -0.25) is 14.3 Å². The van der Waals surface area contributed by atoms with Crippen molar-refractivity contribution in [2.24, 2.45) is 7.05 Å². The molecule has 6 nitrogen and oxygen atoms in total. The Balaban J connectivity index is 1.89. The maximum Gasteiger partial charge on any atom is 0.253 e. The predicted octanol–water partition coefficient (Wildman–Crippen LogP) is 2.07. The Hall–Kier alpha value is -2.47. The second-order valence-electron chi connectivity index (χ2n) is 6.79. The van der Waals surface area contributed by atoms with Crippen LogP contribution in [0, 0.1) is 0 Å². The van der Waals surface area contributed by atoms with E-state index < -0.39 is 0 Å². The maximum atomic E-state index is 12.9. The van der Waals surface area contributed by atoms with Crippen LogP contribution in [0.1, 0.15) is 34.2 Å². The zero-order valence-corrected chi connectivity index (χ0v) is 15.2. The zero-order chi connectivity index (χ0) is 18.1. The summed E-state index contributed by atoms with van der Waals surface area (Å²) >= 11 is 0. The van der Waals surface area contributed by atoms with E-state index in [-0.39, 0.29) is 17.7 Å². The molecule has 0 N–H and O–H groups in total. The second-order valence-corrected chi connectivity index (χ2v) is 6.79. The van der Waals surface area contributed by atoms with Gasteiger partial charge in [-0.05, 0) is 37.7 Å². The topological polar surface area (TPSA) is 58.4 Å². The lowest BCUT2D eigenvalue weighted by Gasteiger charge is -2.24. The van der Waals surface area contributed by atoms with Crippen molar-refractivity contribution < 1.29 is 9.59 Å². The molecule has 0 aliphatic carbocycles. The molecular weight excluding hydrogens is 316 g/mol. The Morgan fingerprint density at radius 1 is 1.28 bits per heavy atom. The van der Waals surface area contributed by atoms with E-state index in [1.807, 2.05) is 36.2 Å². The van der Waals surface area contributed by atoms with Crippen molar-refractivity contribution in [3.8, 4) is 11.1 Å². The van der Waals surface area contributed by atoms with Crippen LogP contribution < -0.4 is 0 Å². The van der Waals surface area contributed by atoms with E-state index in [2.05, 4.69) is 17.0 Å². The highest BCUT2D eigenvalue weighted by Crippen LogP contribution is 2.25. The fraction of sp³-hybridized carbons (Fsp3) is 0.421. The number of hydrogen-bond donors (Lipinski definition) is 0. The largest absolute Gasteiger partial charge is 0.337 e. The molecule has 132 valence electrons. The summed E-state index contributed by atoms with van der Waals surface area (Å²) in [4.78, 5) is 28.8. The molecule has 1 fully saturated rings. The number of rotatable bonds is 4. The molecule has 0 spiro atoms. The molecule has 3 rings (SSSR count). The summed E-state index contributed by atoms with van der Waals surface area (Å²) in [7, 11) is 5.69. The number of carbonyl (C=O) groups is 2. The molecule has 0 saturated carbocycles. The quantitative estimate of drug-likeness (QED) is 0.800. The van der Waals surface area contributed by atoms with Gasteiger partial charge in [0.1, 0.15) is 5.69 Å². The Kier molecular flexibility index (Phi) is 4.72. The first-order valence-corrected chi connectivity index (χ1v) is 8.47. The molecule has 6 heteroatoms. The molecular formula is C19H24N4O2.